The summed E-state index contributed by atoms with van der Waals surface area (Å²) in [6.07, 6.45) is 0.929. The first kappa shape index (κ1) is 15.0. The maximum atomic E-state index is 4.54. The number of aryl methyl sites for hydroxylation is 2. The summed E-state index contributed by atoms with van der Waals surface area (Å²) in [5.41, 5.74) is 2.43. The number of rotatable bonds is 5. The van der Waals surface area contributed by atoms with Crippen molar-refractivity contribution in [1.82, 2.24) is 15.6 Å². The van der Waals surface area contributed by atoms with E-state index in [9.17, 15) is 0 Å². The van der Waals surface area contributed by atoms with Gasteiger partial charge in [0.1, 0.15) is 0 Å². The van der Waals surface area contributed by atoms with Gasteiger partial charge in [-0.1, -0.05) is 0 Å². The van der Waals surface area contributed by atoms with Gasteiger partial charge in [-0.2, -0.15) is 11.3 Å². The van der Waals surface area contributed by atoms with E-state index in [1.807, 2.05) is 0 Å². The summed E-state index contributed by atoms with van der Waals surface area (Å²) < 4.78 is 0. The Hall–Kier alpha value is -1.40. The number of aromatic nitrogens is 1. The number of hydrogen-bond donors (Lipinski definition) is 2. The van der Waals surface area contributed by atoms with Crippen LogP contribution in [-0.4, -0.2) is 24.5 Å². The fourth-order valence-corrected chi connectivity index (χ4v) is 3.34. The van der Waals surface area contributed by atoms with Crippen molar-refractivity contribution in [3.8, 4) is 0 Å². The Balaban J connectivity index is 1.74. The lowest BCUT2D eigenvalue weighted by atomic mass is 10.3. The standard InChI is InChI=1S/C14H20N4S2/c1-10-11(2)20-13(18-10)4-6-16-14(15-3)17-8-12-5-7-19-9-12/h5,7,9H,4,6,8H2,1-3H3,(H2,15,16,17). The van der Waals surface area contributed by atoms with Gasteiger partial charge in [-0.15, -0.1) is 11.3 Å². The molecule has 0 saturated heterocycles. The molecule has 2 aromatic heterocycles. The molecule has 2 rings (SSSR count). The molecule has 2 N–H and O–H groups in total. The third-order valence-corrected chi connectivity index (χ3v) is 4.83. The highest BCUT2D eigenvalue weighted by Gasteiger charge is 2.04. The van der Waals surface area contributed by atoms with E-state index < -0.39 is 0 Å². The Labute approximate surface area is 128 Å². The largest absolute Gasteiger partial charge is 0.356 e. The molecule has 0 aromatic carbocycles. The maximum absolute atomic E-state index is 4.54. The minimum absolute atomic E-state index is 0.804. The van der Waals surface area contributed by atoms with Crippen LogP contribution in [0.2, 0.25) is 0 Å². The van der Waals surface area contributed by atoms with Crippen LogP contribution in [-0.2, 0) is 13.0 Å². The molecule has 0 aliphatic heterocycles. The molecule has 2 heterocycles. The number of aliphatic imine (C=N–C) groups is 1. The number of nitrogens with zero attached hydrogens (tertiary/aromatic N) is 2. The molecule has 0 aliphatic rings. The van der Waals surface area contributed by atoms with E-state index >= 15 is 0 Å². The van der Waals surface area contributed by atoms with E-state index in [-0.39, 0.29) is 0 Å². The summed E-state index contributed by atoms with van der Waals surface area (Å²) in [6.45, 7) is 5.82. The summed E-state index contributed by atoms with van der Waals surface area (Å²) in [7, 11) is 1.79. The van der Waals surface area contributed by atoms with Crippen LogP contribution in [0.1, 0.15) is 21.1 Å². The second-order valence-electron chi connectivity index (χ2n) is 4.48. The van der Waals surface area contributed by atoms with Crippen molar-refractivity contribution >= 4 is 28.6 Å². The Morgan fingerprint density at radius 2 is 2.20 bits per heavy atom. The second-order valence-corrected chi connectivity index (χ2v) is 6.55. The topological polar surface area (TPSA) is 49.3 Å². The first-order valence-electron chi connectivity index (χ1n) is 6.57. The summed E-state index contributed by atoms with van der Waals surface area (Å²) >= 11 is 3.49. The van der Waals surface area contributed by atoms with Crippen LogP contribution in [0.15, 0.2) is 21.8 Å². The van der Waals surface area contributed by atoms with Gasteiger partial charge in [-0.25, -0.2) is 4.98 Å². The van der Waals surface area contributed by atoms with Crippen LogP contribution in [0.4, 0.5) is 0 Å². The van der Waals surface area contributed by atoms with E-state index in [0.717, 1.165) is 31.2 Å². The van der Waals surface area contributed by atoms with Gasteiger partial charge in [0.25, 0.3) is 0 Å². The van der Waals surface area contributed by atoms with Crippen molar-refractivity contribution < 1.29 is 0 Å². The molecule has 0 aliphatic carbocycles. The molecular formula is C14H20N4S2. The van der Waals surface area contributed by atoms with E-state index in [4.69, 9.17) is 0 Å². The summed E-state index contributed by atoms with van der Waals surface area (Å²) in [5, 5.41) is 12.0. The molecule has 0 spiro atoms. The lowest BCUT2D eigenvalue weighted by Gasteiger charge is -2.10. The second kappa shape index (κ2) is 7.40. The zero-order valence-corrected chi connectivity index (χ0v) is 13.7. The summed E-state index contributed by atoms with van der Waals surface area (Å²) in [5.74, 6) is 0.834. The molecule has 0 unspecified atom stereocenters. The molecule has 0 amide bonds. The number of guanidine groups is 1. The minimum Gasteiger partial charge on any atom is -0.356 e. The van der Waals surface area contributed by atoms with Crippen molar-refractivity contribution in [1.29, 1.82) is 0 Å². The van der Waals surface area contributed by atoms with E-state index in [0.29, 0.717) is 0 Å². The average molecular weight is 308 g/mol. The SMILES string of the molecule is CN=C(NCCc1nc(C)c(C)s1)NCc1ccsc1. The van der Waals surface area contributed by atoms with Crippen LogP contribution in [0.3, 0.4) is 0 Å². The normalized spacial score (nSPS) is 11.7. The average Bonchev–Trinajstić information content (AvgIpc) is 3.05. The molecule has 108 valence electrons. The number of thiophene rings is 1. The molecule has 0 fully saturated rings. The van der Waals surface area contributed by atoms with Gasteiger partial charge in [0.05, 0.1) is 10.7 Å². The van der Waals surface area contributed by atoms with Crippen LogP contribution < -0.4 is 10.6 Å². The van der Waals surface area contributed by atoms with Gasteiger partial charge in [0, 0.05) is 31.4 Å². The van der Waals surface area contributed by atoms with E-state index in [1.165, 1.54) is 15.4 Å². The van der Waals surface area contributed by atoms with Gasteiger partial charge in [-0.3, -0.25) is 4.99 Å². The Bertz CT molecular complexity index is 538. The molecule has 6 heteroatoms. The molecule has 0 bridgehead atoms. The fourth-order valence-electron chi connectivity index (χ4n) is 1.73. The smallest absolute Gasteiger partial charge is 0.191 e. The molecule has 0 atom stereocenters. The predicted molar refractivity (Wildman–Crippen MR) is 87.8 cm³/mol. The molecule has 0 radical (unpaired) electrons. The first-order valence-corrected chi connectivity index (χ1v) is 8.33. The molecule has 0 saturated carbocycles. The van der Waals surface area contributed by atoms with Crippen molar-refractivity contribution in [3.63, 3.8) is 0 Å². The third kappa shape index (κ3) is 4.31. The quantitative estimate of drug-likeness (QED) is 0.659. The van der Waals surface area contributed by atoms with Crippen molar-refractivity contribution in [3.05, 3.63) is 38.0 Å². The first-order chi connectivity index (χ1) is 9.69. The zero-order valence-electron chi connectivity index (χ0n) is 12.1. The number of nitrogens with one attached hydrogen (secondary N) is 2. The molecule has 2 aromatic rings. The highest BCUT2D eigenvalue weighted by molar-refractivity contribution is 7.11. The van der Waals surface area contributed by atoms with Crippen LogP contribution >= 0.6 is 22.7 Å². The van der Waals surface area contributed by atoms with Gasteiger partial charge in [0.15, 0.2) is 5.96 Å². The third-order valence-electron chi connectivity index (χ3n) is 2.97. The molecule has 20 heavy (non-hydrogen) atoms. The number of thiazole rings is 1. The zero-order chi connectivity index (χ0) is 14.4. The summed E-state index contributed by atoms with van der Waals surface area (Å²) in [6, 6.07) is 2.12. The lowest BCUT2D eigenvalue weighted by Crippen LogP contribution is -2.37. The van der Waals surface area contributed by atoms with Gasteiger partial charge < -0.3 is 10.6 Å². The maximum Gasteiger partial charge on any atom is 0.191 e. The summed E-state index contributed by atoms with van der Waals surface area (Å²) in [4.78, 5) is 10.1. The van der Waals surface area contributed by atoms with Crippen molar-refractivity contribution in [2.45, 2.75) is 26.8 Å². The Morgan fingerprint density at radius 3 is 2.80 bits per heavy atom. The van der Waals surface area contributed by atoms with Crippen LogP contribution in [0.5, 0.6) is 0 Å². The lowest BCUT2D eigenvalue weighted by molar-refractivity contribution is 0.792. The van der Waals surface area contributed by atoms with E-state index in [1.54, 1.807) is 29.7 Å². The van der Waals surface area contributed by atoms with Crippen molar-refractivity contribution in [2.24, 2.45) is 4.99 Å². The monoisotopic (exact) mass is 308 g/mol. The highest BCUT2D eigenvalue weighted by atomic mass is 32.1. The minimum atomic E-state index is 0.804. The van der Waals surface area contributed by atoms with Gasteiger partial charge in [0.2, 0.25) is 0 Å². The Morgan fingerprint density at radius 1 is 1.35 bits per heavy atom. The van der Waals surface area contributed by atoms with Crippen molar-refractivity contribution in [2.75, 3.05) is 13.6 Å². The van der Waals surface area contributed by atoms with Gasteiger partial charge >= 0.3 is 0 Å². The molecule has 4 nitrogen and oxygen atoms in total. The molecular weight excluding hydrogens is 288 g/mol. The fraction of sp³-hybridized carbons (Fsp3) is 0.429. The van der Waals surface area contributed by atoms with Crippen LogP contribution in [0, 0.1) is 13.8 Å². The Kier molecular flexibility index (Phi) is 5.55. The van der Waals surface area contributed by atoms with E-state index in [2.05, 4.69) is 51.3 Å². The van der Waals surface area contributed by atoms with Crippen LogP contribution in [0.25, 0.3) is 0 Å². The number of hydrogen-bond acceptors (Lipinski definition) is 4. The van der Waals surface area contributed by atoms with Gasteiger partial charge in [-0.05, 0) is 36.2 Å². The predicted octanol–water partition coefficient (Wildman–Crippen LogP) is 2.73. The highest BCUT2D eigenvalue weighted by Crippen LogP contribution is 2.16.